The number of carbonyl (C=O) groups excluding carboxylic acids is 3. The Balaban J connectivity index is 1.48. The Kier molecular flexibility index (Phi) is 7.85. The number of hydrogen-bond donors (Lipinski definition) is 2. The van der Waals surface area contributed by atoms with E-state index in [2.05, 4.69) is 5.32 Å². The highest BCUT2D eigenvalue weighted by Crippen LogP contribution is 2.34. The largest absolute Gasteiger partial charge is 0.481 e. The maximum absolute atomic E-state index is 12.6. The number of benzene rings is 1. The first-order valence-corrected chi connectivity index (χ1v) is 11.2. The first-order chi connectivity index (χ1) is 16.0. The van der Waals surface area contributed by atoms with Gasteiger partial charge in [0, 0.05) is 39.0 Å². The van der Waals surface area contributed by atoms with E-state index in [-0.39, 0.29) is 32.0 Å². The van der Waals surface area contributed by atoms with Crippen LogP contribution in [0.15, 0.2) is 18.2 Å². The molecule has 0 aliphatic carbocycles. The van der Waals surface area contributed by atoms with Crippen molar-refractivity contribution in [1.82, 2.24) is 15.1 Å². The molecule has 34 heavy (non-hydrogen) atoms. The maximum Gasteiger partial charge on any atom is 0.410 e. The fourth-order valence-corrected chi connectivity index (χ4v) is 3.67. The minimum Gasteiger partial charge on any atom is -0.481 e. The molecule has 3 rings (SSSR count). The van der Waals surface area contributed by atoms with Crippen molar-refractivity contribution in [2.45, 2.75) is 51.7 Å². The second-order valence-corrected chi connectivity index (χ2v) is 9.18. The molecule has 1 fully saturated rings. The Morgan fingerprint density at radius 2 is 1.68 bits per heavy atom. The Hall–Kier alpha value is -3.50. The summed E-state index contributed by atoms with van der Waals surface area (Å²) in [5.41, 5.74) is -0.0131. The lowest BCUT2D eigenvalue weighted by atomic mass is 10.0. The summed E-state index contributed by atoms with van der Waals surface area (Å²) < 4.78 is 15.9. The third kappa shape index (κ3) is 7.00. The van der Waals surface area contributed by atoms with E-state index < -0.39 is 29.6 Å². The van der Waals surface area contributed by atoms with E-state index in [1.54, 1.807) is 48.8 Å². The average Bonchev–Trinajstić information content (AvgIpc) is 3.23. The van der Waals surface area contributed by atoms with Gasteiger partial charge in [-0.05, 0) is 38.5 Å². The second-order valence-electron chi connectivity index (χ2n) is 9.18. The predicted octanol–water partition coefficient (Wildman–Crippen LogP) is 1.91. The molecule has 1 aromatic carbocycles. The standard InChI is InChI=1S/C23H31N3O8/c1-23(2,3)34-22(31)26-10-8-25(9-11-26)20(28)7-6-19(27)24-16(13-21(29)30)15-4-5-17-18(12-15)33-14-32-17/h4-5,12,16H,6-11,13-14H2,1-3H3,(H,24,27)(H,29,30)/t16-/m1/s1. The lowest BCUT2D eigenvalue weighted by Gasteiger charge is -2.35. The highest BCUT2D eigenvalue weighted by atomic mass is 16.7. The van der Waals surface area contributed by atoms with Gasteiger partial charge in [-0.1, -0.05) is 6.07 Å². The van der Waals surface area contributed by atoms with Crippen LogP contribution in [0.4, 0.5) is 4.79 Å². The molecule has 3 amide bonds. The summed E-state index contributed by atoms with van der Waals surface area (Å²) in [6, 6.07) is 4.22. The van der Waals surface area contributed by atoms with Gasteiger partial charge in [0.1, 0.15) is 5.60 Å². The number of hydrogen-bond acceptors (Lipinski definition) is 7. The van der Waals surface area contributed by atoms with Crippen LogP contribution < -0.4 is 14.8 Å². The van der Waals surface area contributed by atoms with Crippen molar-refractivity contribution in [1.29, 1.82) is 0 Å². The summed E-state index contributed by atoms with van der Waals surface area (Å²) >= 11 is 0. The molecule has 0 bridgehead atoms. The number of nitrogens with zero attached hydrogens (tertiary/aromatic N) is 2. The topological polar surface area (TPSA) is 135 Å². The number of carboxylic acids is 1. The van der Waals surface area contributed by atoms with Gasteiger partial charge in [0.2, 0.25) is 18.6 Å². The molecule has 2 aliphatic rings. The van der Waals surface area contributed by atoms with Gasteiger partial charge in [0.15, 0.2) is 11.5 Å². The number of ether oxygens (including phenoxy) is 3. The SMILES string of the molecule is CC(C)(C)OC(=O)N1CCN(C(=O)CCC(=O)N[C@H](CC(=O)O)c2ccc3c(c2)OCO3)CC1. The van der Waals surface area contributed by atoms with Gasteiger partial charge in [-0.2, -0.15) is 0 Å². The molecule has 0 spiro atoms. The molecule has 0 saturated carbocycles. The quantitative estimate of drug-likeness (QED) is 0.608. The van der Waals surface area contributed by atoms with Crippen molar-refractivity contribution in [3.05, 3.63) is 23.8 Å². The fraction of sp³-hybridized carbons (Fsp3) is 0.565. The number of carboxylic acid groups (broad SMARTS) is 1. The highest BCUT2D eigenvalue weighted by Gasteiger charge is 2.28. The first kappa shape index (κ1) is 25.1. The zero-order valence-electron chi connectivity index (χ0n) is 19.7. The summed E-state index contributed by atoms with van der Waals surface area (Å²) in [4.78, 5) is 51.7. The van der Waals surface area contributed by atoms with Gasteiger partial charge >= 0.3 is 12.1 Å². The number of aliphatic carboxylic acids is 1. The van der Waals surface area contributed by atoms with Crippen molar-refractivity contribution in [2.24, 2.45) is 0 Å². The Morgan fingerprint density at radius 3 is 2.32 bits per heavy atom. The number of nitrogens with one attached hydrogen (secondary N) is 1. The third-order valence-electron chi connectivity index (χ3n) is 5.36. The number of piperazine rings is 1. The Bertz CT molecular complexity index is 935. The van der Waals surface area contributed by atoms with Gasteiger partial charge < -0.3 is 34.4 Å². The molecular formula is C23H31N3O8. The van der Waals surface area contributed by atoms with E-state index in [1.165, 1.54) is 0 Å². The van der Waals surface area contributed by atoms with E-state index in [9.17, 15) is 24.3 Å². The molecule has 186 valence electrons. The van der Waals surface area contributed by atoms with Crippen LogP contribution in [0.1, 0.15) is 51.6 Å². The number of amides is 3. The molecule has 1 atom stereocenters. The van der Waals surface area contributed by atoms with Gasteiger partial charge in [-0.25, -0.2) is 4.79 Å². The van der Waals surface area contributed by atoms with Crippen LogP contribution in [0.2, 0.25) is 0 Å². The Morgan fingerprint density at radius 1 is 1.03 bits per heavy atom. The van der Waals surface area contributed by atoms with Crippen molar-refractivity contribution < 1.29 is 38.5 Å². The second kappa shape index (κ2) is 10.6. The van der Waals surface area contributed by atoms with E-state index in [4.69, 9.17) is 14.2 Å². The first-order valence-electron chi connectivity index (χ1n) is 11.2. The van der Waals surface area contributed by atoms with Crippen LogP contribution in [0.5, 0.6) is 11.5 Å². The van der Waals surface area contributed by atoms with Crippen molar-refractivity contribution in [3.63, 3.8) is 0 Å². The van der Waals surface area contributed by atoms with Gasteiger partial charge in [-0.15, -0.1) is 0 Å². The molecule has 11 nitrogen and oxygen atoms in total. The Labute approximate surface area is 197 Å². The molecule has 0 aromatic heterocycles. The van der Waals surface area contributed by atoms with Crippen LogP contribution >= 0.6 is 0 Å². The summed E-state index contributed by atoms with van der Waals surface area (Å²) in [6.45, 7) is 6.91. The average molecular weight is 478 g/mol. The molecule has 1 aromatic rings. The zero-order chi connectivity index (χ0) is 24.9. The van der Waals surface area contributed by atoms with Gasteiger partial charge in [-0.3, -0.25) is 14.4 Å². The van der Waals surface area contributed by atoms with Crippen LogP contribution in [0, 0.1) is 0 Å². The predicted molar refractivity (Wildman–Crippen MR) is 119 cm³/mol. The summed E-state index contributed by atoms with van der Waals surface area (Å²) in [6.07, 6.45) is -0.816. The van der Waals surface area contributed by atoms with Crippen molar-refractivity contribution >= 4 is 23.9 Å². The summed E-state index contributed by atoms with van der Waals surface area (Å²) in [5, 5.41) is 12.0. The van der Waals surface area contributed by atoms with E-state index in [0.29, 0.717) is 43.2 Å². The molecule has 2 aliphatic heterocycles. The molecule has 2 heterocycles. The maximum atomic E-state index is 12.6. The molecule has 0 unspecified atom stereocenters. The van der Waals surface area contributed by atoms with E-state index in [1.807, 2.05) is 0 Å². The van der Waals surface area contributed by atoms with Crippen LogP contribution in [-0.2, 0) is 19.1 Å². The van der Waals surface area contributed by atoms with E-state index >= 15 is 0 Å². The van der Waals surface area contributed by atoms with Crippen LogP contribution in [0.25, 0.3) is 0 Å². The van der Waals surface area contributed by atoms with Crippen LogP contribution in [0.3, 0.4) is 0 Å². The van der Waals surface area contributed by atoms with E-state index in [0.717, 1.165) is 0 Å². The minimum absolute atomic E-state index is 0.0147. The van der Waals surface area contributed by atoms with Gasteiger partial charge in [0.25, 0.3) is 0 Å². The van der Waals surface area contributed by atoms with Crippen LogP contribution in [-0.4, -0.2) is 77.4 Å². The highest BCUT2D eigenvalue weighted by molar-refractivity contribution is 5.84. The zero-order valence-corrected chi connectivity index (χ0v) is 19.7. The monoisotopic (exact) mass is 477 g/mol. The fourth-order valence-electron chi connectivity index (χ4n) is 3.67. The van der Waals surface area contributed by atoms with Crippen molar-refractivity contribution in [2.75, 3.05) is 33.0 Å². The lowest BCUT2D eigenvalue weighted by Crippen LogP contribution is -2.51. The lowest BCUT2D eigenvalue weighted by molar-refractivity contribution is -0.138. The van der Waals surface area contributed by atoms with Gasteiger partial charge in [0.05, 0.1) is 12.5 Å². The molecule has 11 heteroatoms. The van der Waals surface area contributed by atoms with Crippen molar-refractivity contribution in [3.8, 4) is 11.5 Å². The number of fused-ring (bicyclic) bond motifs is 1. The minimum atomic E-state index is -1.07. The smallest absolute Gasteiger partial charge is 0.410 e. The third-order valence-corrected chi connectivity index (χ3v) is 5.36. The molecule has 1 saturated heterocycles. The number of carbonyl (C=O) groups is 4. The summed E-state index contributed by atoms with van der Waals surface area (Å²) in [5.74, 6) is -0.646. The number of rotatable bonds is 7. The molecular weight excluding hydrogens is 446 g/mol. The molecule has 0 radical (unpaired) electrons. The summed E-state index contributed by atoms with van der Waals surface area (Å²) in [7, 11) is 0. The molecule has 2 N–H and O–H groups in total. The normalized spacial score (nSPS) is 16.1.